The van der Waals surface area contributed by atoms with Crippen molar-refractivity contribution >= 4 is 5.95 Å². The Bertz CT molecular complexity index is 422. The van der Waals surface area contributed by atoms with Crippen LogP contribution in [0.4, 0.5) is 19.1 Å². The normalized spacial score (nSPS) is 22.3. The van der Waals surface area contributed by atoms with Crippen LogP contribution in [0, 0.1) is 5.92 Å². The van der Waals surface area contributed by atoms with Gasteiger partial charge in [-0.15, -0.1) is 0 Å². The minimum atomic E-state index is -4.46. The van der Waals surface area contributed by atoms with Crippen LogP contribution in [0.2, 0.25) is 0 Å². The topological polar surface area (TPSA) is 49.2 Å². The molecular weight excluding hydrogens is 247 g/mol. The molecule has 2 heterocycles. The zero-order chi connectivity index (χ0) is 13.3. The molecule has 0 spiro atoms. The van der Waals surface area contributed by atoms with Crippen molar-refractivity contribution in [1.82, 2.24) is 9.97 Å². The molecule has 0 aromatic carbocycles. The van der Waals surface area contributed by atoms with E-state index in [1.807, 2.05) is 0 Å². The highest BCUT2D eigenvalue weighted by Gasteiger charge is 2.34. The maximum atomic E-state index is 12.5. The van der Waals surface area contributed by atoms with Crippen LogP contribution in [-0.4, -0.2) is 34.3 Å². The van der Waals surface area contributed by atoms with E-state index in [-0.39, 0.29) is 11.9 Å². The largest absolute Gasteiger partial charge is 0.433 e. The lowest BCUT2D eigenvalue weighted by molar-refractivity contribution is -0.141. The summed E-state index contributed by atoms with van der Waals surface area (Å²) >= 11 is 0. The number of aromatic nitrogens is 2. The third-order valence-corrected chi connectivity index (χ3v) is 3.12. The second-order valence-electron chi connectivity index (χ2n) is 4.48. The first-order valence-electron chi connectivity index (χ1n) is 5.71. The Kier molecular flexibility index (Phi) is 3.43. The van der Waals surface area contributed by atoms with E-state index in [1.165, 1.54) is 0 Å². The minimum absolute atomic E-state index is 0.0585. The van der Waals surface area contributed by atoms with Crippen LogP contribution < -0.4 is 4.90 Å². The van der Waals surface area contributed by atoms with Crippen molar-refractivity contribution in [1.29, 1.82) is 0 Å². The van der Waals surface area contributed by atoms with Crippen LogP contribution in [0.1, 0.15) is 19.0 Å². The third kappa shape index (κ3) is 2.72. The van der Waals surface area contributed by atoms with E-state index in [9.17, 15) is 18.3 Å². The van der Waals surface area contributed by atoms with Gasteiger partial charge in [-0.25, -0.2) is 9.97 Å². The van der Waals surface area contributed by atoms with E-state index in [1.54, 1.807) is 11.8 Å². The van der Waals surface area contributed by atoms with Gasteiger partial charge in [-0.2, -0.15) is 13.2 Å². The van der Waals surface area contributed by atoms with Crippen molar-refractivity contribution in [2.45, 2.75) is 25.6 Å². The highest BCUT2D eigenvalue weighted by molar-refractivity contribution is 5.32. The third-order valence-electron chi connectivity index (χ3n) is 3.12. The first-order chi connectivity index (χ1) is 8.38. The molecule has 1 aliphatic rings. The molecule has 1 N–H and O–H groups in total. The van der Waals surface area contributed by atoms with Gasteiger partial charge in [-0.05, 0) is 19.4 Å². The summed E-state index contributed by atoms with van der Waals surface area (Å²) in [6.45, 7) is 2.73. The van der Waals surface area contributed by atoms with Crippen molar-refractivity contribution < 1.29 is 18.3 Å². The van der Waals surface area contributed by atoms with Crippen LogP contribution in [0.15, 0.2) is 12.3 Å². The summed E-state index contributed by atoms with van der Waals surface area (Å²) in [7, 11) is 0. The second kappa shape index (κ2) is 4.72. The maximum absolute atomic E-state index is 12.5. The maximum Gasteiger partial charge on any atom is 0.433 e. The molecular formula is C11H14F3N3O. The Morgan fingerprint density at radius 2 is 2.22 bits per heavy atom. The van der Waals surface area contributed by atoms with Gasteiger partial charge in [-0.1, -0.05) is 0 Å². The van der Waals surface area contributed by atoms with Crippen molar-refractivity contribution in [3.05, 3.63) is 18.0 Å². The van der Waals surface area contributed by atoms with Crippen LogP contribution in [0.25, 0.3) is 0 Å². The lowest BCUT2D eigenvalue weighted by Gasteiger charge is -2.18. The SMILES string of the molecule is CC(O)C1CCN(c2nccc(C(F)(F)F)n2)C1. The van der Waals surface area contributed by atoms with E-state index < -0.39 is 18.0 Å². The monoisotopic (exact) mass is 261 g/mol. The zero-order valence-electron chi connectivity index (χ0n) is 9.85. The summed E-state index contributed by atoms with van der Waals surface area (Å²) in [6.07, 6.45) is -3.08. The predicted octanol–water partition coefficient (Wildman–Crippen LogP) is 1.70. The van der Waals surface area contributed by atoms with Gasteiger partial charge in [0, 0.05) is 25.2 Å². The molecule has 4 nitrogen and oxygen atoms in total. The Labute approximate surface area is 102 Å². The first-order valence-corrected chi connectivity index (χ1v) is 5.71. The quantitative estimate of drug-likeness (QED) is 0.880. The smallest absolute Gasteiger partial charge is 0.393 e. The van der Waals surface area contributed by atoms with Gasteiger partial charge in [0.2, 0.25) is 5.95 Å². The molecule has 1 aromatic heterocycles. The average molecular weight is 261 g/mol. The zero-order valence-corrected chi connectivity index (χ0v) is 9.85. The number of anilines is 1. The van der Waals surface area contributed by atoms with Crippen LogP contribution in [-0.2, 0) is 6.18 Å². The molecule has 2 unspecified atom stereocenters. The minimum Gasteiger partial charge on any atom is -0.393 e. The molecule has 1 aromatic rings. The lowest BCUT2D eigenvalue weighted by Crippen LogP contribution is -2.26. The second-order valence-corrected chi connectivity index (χ2v) is 4.48. The summed E-state index contributed by atoms with van der Waals surface area (Å²) in [5.74, 6) is 0.135. The average Bonchev–Trinajstić information content (AvgIpc) is 2.77. The molecule has 0 bridgehead atoms. The summed E-state index contributed by atoms with van der Waals surface area (Å²) in [4.78, 5) is 9.06. The highest BCUT2D eigenvalue weighted by Crippen LogP contribution is 2.29. The molecule has 2 atom stereocenters. The number of halogens is 3. The van der Waals surface area contributed by atoms with E-state index in [0.717, 1.165) is 18.7 Å². The number of alkyl halides is 3. The van der Waals surface area contributed by atoms with Gasteiger partial charge in [0.15, 0.2) is 0 Å². The molecule has 0 aliphatic carbocycles. The Balaban J connectivity index is 2.15. The van der Waals surface area contributed by atoms with Gasteiger partial charge in [0.25, 0.3) is 0 Å². The van der Waals surface area contributed by atoms with Crippen LogP contribution >= 0.6 is 0 Å². The number of nitrogens with zero attached hydrogens (tertiary/aromatic N) is 3. The van der Waals surface area contributed by atoms with E-state index in [2.05, 4.69) is 9.97 Å². The predicted molar refractivity (Wildman–Crippen MR) is 59.0 cm³/mol. The Morgan fingerprint density at radius 1 is 1.50 bits per heavy atom. The van der Waals surface area contributed by atoms with E-state index >= 15 is 0 Å². The molecule has 1 fully saturated rings. The summed E-state index contributed by atoms with van der Waals surface area (Å²) < 4.78 is 37.5. The van der Waals surface area contributed by atoms with Gasteiger partial charge in [0.05, 0.1) is 6.10 Å². The van der Waals surface area contributed by atoms with Crippen molar-refractivity contribution in [3.63, 3.8) is 0 Å². The molecule has 1 saturated heterocycles. The van der Waals surface area contributed by atoms with Gasteiger partial charge >= 0.3 is 6.18 Å². The van der Waals surface area contributed by atoms with Crippen molar-refractivity contribution in [2.24, 2.45) is 5.92 Å². The number of rotatable bonds is 2. The molecule has 2 rings (SSSR count). The fourth-order valence-corrected chi connectivity index (χ4v) is 2.02. The summed E-state index contributed by atoms with van der Waals surface area (Å²) in [6, 6.07) is 0.853. The van der Waals surface area contributed by atoms with Crippen molar-refractivity contribution in [2.75, 3.05) is 18.0 Å². The van der Waals surface area contributed by atoms with Gasteiger partial charge in [-0.3, -0.25) is 0 Å². The molecule has 0 amide bonds. The van der Waals surface area contributed by atoms with E-state index in [4.69, 9.17) is 0 Å². The molecule has 18 heavy (non-hydrogen) atoms. The van der Waals surface area contributed by atoms with Gasteiger partial charge in [0.1, 0.15) is 5.69 Å². The standard InChI is InChI=1S/C11H14F3N3O/c1-7(18)8-3-5-17(6-8)10-15-4-2-9(16-10)11(12,13)14/h2,4,7-8,18H,3,5-6H2,1H3. The highest BCUT2D eigenvalue weighted by atomic mass is 19.4. The summed E-state index contributed by atoms with van der Waals surface area (Å²) in [5, 5.41) is 9.45. The van der Waals surface area contributed by atoms with Gasteiger partial charge < -0.3 is 10.0 Å². The molecule has 100 valence electrons. The Hall–Kier alpha value is -1.37. The number of aliphatic hydroxyl groups is 1. The number of aliphatic hydroxyl groups excluding tert-OH is 1. The lowest BCUT2D eigenvalue weighted by atomic mass is 10.0. The molecule has 0 saturated carbocycles. The van der Waals surface area contributed by atoms with Crippen molar-refractivity contribution in [3.8, 4) is 0 Å². The number of hydrogen-bond donors (Lipinski definition) is 1. The molecule has 7 heteroatoms. The molecule has 0 radical (unpaired) electrons. The van der Waals surface area contributed by atoms with Crippen LogP contribution in [0.5, 0.6) is 0 Å². The first kappa shape index (κ1) is 13.1. The fourth-order valence-electron chi connectivity index (χ4n) is 2.02. The fraction of sp³-hybridized carbons (Fsp3) is 0.636. The Morgan fingerprint density at radius 3 is 2.78 bits per heavy atom. The van der Waals surface area contributed by atoms with E-state index in [0.29, 0.717) is 13.1 Å². The summed E-state index contributed by atoms with van der Waals surface area (Å²) in [5.41, 5.74) is -0.937. The number of hydrogen-bond acceptors (Lipinski definition) is 4. The molecule has 1 aliphatic heterocycles. The van der Waals surface area contributed by atoms with Crippen LogP contribution in [0.3, 0.4) is 0 Å².